The van der Waals surface area contributed by atoms with Gasteiger partial charge in [0.15, 0.2) is 0 Å². The minimum Gasteiger partial charge on any atom is -0.229 e. The zero-order chi connectivity index (χ0) is 13.8. The third-order valence-electron chi connectivity index (χ3n) is 3.00. The zero-order valence-electron chi connectivity index (χ0n) is 10.4. The molecule has 18 heavy (non-hydrogen) atoms. The minimum absolute atomic E-state index is 0.0799. The molecule has 1 saturated heterocycles. The van der Waals surface area contributed by atoms with Crippen molar-refractivity contribution in [2.75, 3.05) is 24.6 Å². The summed E-state index contributed by atoms with van der Waals surface area (Å²) in [7, 11) is -6.63. The molecule has 0 aliphatic carbocycles. The van der Waals surface area contributed by atoms with Crippen LogP contribution in [0.4, 0.5) is 0 Å². The molecule has 0 spiro atoms. The molecule has 104 valence electrons. The van der Waals surface area contributed by atoms with E-state index in [-0.39, 0.29) is 30.9 Å². The van der Waals surface area contributed by atoms with Crippen molar-refractivity contribution in [1.82, 2.24) is 4.31 Å². The van der Waals surface area contributed by atoms with Gasteiger partial charge in [0.25, 0.3) is 0 Å². The number of rotatable bonds is 5. The second kappa shape index (κ2) is 5.99. The number of hydrogen-bond acceptors (Lipinski definition) is 5. The fourth-order valence-corrected chi connectivity index (χ4v) is 5.72. The van der Waals surface area contributed by atoms with Crippen LogP contribution in [0.25, 0.3) is 0 Å². The molecule has 0 aromatic heterocycles. The molecule has 1 heterocycles. The van der Waals surface area contributed by atoms with E-state index in [2.05, 4.69) is 0 Å². The average Bonchev–Trinajstić information content (AvgIpc) is 2.28. The molecule has 1 rings (SSSR count). The van der Waals surface area contributed by atoms with Crippen LogP contribution in [0.5, 0.6) is 0 Å². The summed E-state index contributed by atoms with van der Waals surface area (Å²) in [4.78, 5) is 0. The highest BCUT2D eigenvalue weighted by Crippen LogP contribution is 2.22. The summed E-state index contributed by atoms with van der Waals surface area (Å²) in [5, 5.41) is 7.99. The first-order valence-electron chi connectivity index (χ1n) is 5.90. The van der Waals surface area contributed by atoms with Crippen LogP contribution >= 0.6 is 0 Å². The Morgan fingerprint density at radius 2 is 1.89 bits per heavy atom. The lowest BCUT2D eigenvalue weighted by atomic mass is 10.2. The predicted molar refractivity (Wildman–Crippen MR) is 68.1 cm³/mol. The Kier molecular flexibility index (Phi) is 5.13. The molecule has 1 aliphatic rings. The van der Waals surface area contributed by atoms with Crippen LogP contribution in [0.1, 0.15) is 26.2 Å². The summed E-state index contributed by atoms with van der Waals surface area (Å²) in [6, 6.07) is 1.84. The standard InChI is InChI=1S/C10H18N2O4S2/c1-2-6-12(7-5-11)18(15,16)10-3-8-17(13,14)9-4-10/h10H,2-4,6-9H2,1H3. The minimum atomic E-state index is -3.55. The normalized spacial score (nSPS) is 20.7. The number of sulfonamides is 1. The van der Waals surface area contributed by atoms with Crippen LogP contribution in [-0.2, 0) is 19.9 Å². The smallest absolute Gasteiger partial charge is 0.217 e. The number of sulfone groups is 1. The lowest BCUT2D eigenvalue weighted by molar-refractivity contribution is 0.429. The van der Waals surface area contributed by atoms with Gasteiger partial charge < -0.3 is 0 Å². The Bertz CT molecular complexity index is 505. The lowest BCUT2D eigenvalue weighted by Crippen LogP contribution is -2.43. The Balaban J connectivity index is 2.83. The summed E-state index contributed by atoms with van der Waals surface area (Å²) in [5.74, 6) is -0.160. The molecule has 0 N–H and O–H groups in total. The van der Waals surface area contributed by atoms with Crippen LogP contribution < -0.4 is 0 Å². The summed E-state index contributed by atoms with van der Waals surface area (Å²) in [6.07, 6.45) is 0.901. The molecule has 0 unspecified atom stereocenters. The van der Waals surface area contributed by atoms with E-state index >= 15 is 0 Å². The molecule has 8 heteroatoms. The first-order chi connectivity index (χ1) is 8.33. The molecular formula is C10H18N2O4S2. The fraction of sp³-hybridized carbons (Fsp3) is 0.900. The van der Waals surface area contributed by atoms with Gasteiger partial charge in [-0.25, -0.2) is 16.8 Å². The van der Waals surface area contributed by atoms with Crippen LogP contribution in [0, 0.1) is 11.3 Å². The molecule has 1 fully saturated rings. The number of hydrogen-bond donors (Lipinski definition) is 0. The van der Waals surface area contributed by atoms with Gasteiger partial charge in [0, 0.05) is 6.54 Å². The quantitative estimate of drug-likeness (QED) is 0.672. The Hall–Kier alpha value is -0.650. The van der Waals surface area contributed by atoms with Crippen LogP contribution in [-0.4, -0.2) is 51.0 Å². The van der Waals surface area contributed by atoms with Crippen molar-refractivity contribution in [3.05, 3.63) is 0 Å². The van der Waals surface area contributed by atoms with Crippen molar-refractivity contribution in [3.63, 3.8) is 0 Å². The van der Waals surface area contributed by atoms with Gasteiger partial charge in [0.1, 0.15) is 16.4 Å². The molecule has 6 nitrogen and oxygen atoms in total. The largest absolute Gasteiger partial charge is 0.229 e. The zero-order valence-corrected chi connectivity index (χ0v) is 12.0. The van der Waals surface area contributed by atoms with Crippen molar-refractivity contribution in [1.29, 1.82) is 5.26 Å². The first kappa shape index (κ1) is 15.4. The van der Waals surface area contributed by atoms with E-state index in [0.29, 0.717) is 13.0 Å². The third-order valence-corrected chi connectivity index (χ3v) is 7.06. The van der Waals surface area contributed by atoms with E-state index in [0.717, 1.165) is 4.31 Å². The highest BCUT2D eigenvalue weighted by atomic mass is 32.2. The lowest BCUT2D eigenvalue weighted by Gasteiger charge is -2.27. The summed E-state index contributed by atoms with van der Waals surface area (Å²) >= 11 is 0. The van der Waals surface area contributed by atoms with E-state index in [1.54, 1.807) is 0 Å². The Labute approximate surface area is 109 Å². The average molecular weight is 294 g/mol. The van der Waals surface area contributed by atoms with Crippen molar-refractivity contribution in [2.45, 2.75) is 31.4 Å². The van der Waals surface area contributed by atoms with Gasteiger partial charge in [-0.1, -0.05) is 6.92 Å². The molecule has 0 aromatic carbocycles. The van der Waals surface area contributed by atoms with Gasteiger partial charge >= 0.3 is 0 Å². The summed E-state index contributed by atoms with van der Waals surface area (Å²) in [6.45, 7) is 1.98. The Morgan fingerprint density at radius 1 is 1.33 bits per heavy atom. The topological polar surface area (TPSA) is 95.3 Å². The molecular weight excluding hydrogens is 276 g/mol. The van der Waals surface area contributed by atoms with E-state index in [1.807, 2.05) is 13.0 Å². The molecule has 0 radical (unpaired) electrons. The summed E-state index contributed by atoms with van der Waals surface area (Å²) < 4.78 is 48.2. The van der Waals surface area contributed by atoms with Crippen LogP contribution in [0.2, 0.25) is 0 Å². The van der Waals surface area contributed by atoms with E-state index in [1.165, 1.54) is 0 Å². The SMILES string of the molecule is CCCN(CC#N)S(=O)(=O)C1CCS(=O)(=O)CC1. The first-order valence-corrected chi connectivity index (χ1v) is 9.22. The van der Waals surface area contributed by atoms with Gasteiger partial charge in [-0.3, -0.25) is 0 Å². The van der Waals surface area contributed by atoms with Crippen LogP contribution in [0.3, 0.4) is 0 Å². The highest BCUT2D eigenvalue weighted by Gasteiger charge is 2.36. The number of nitrogens with zero attached hydrogens (tertiary/aromatic N) is 2. The van der Waals surface area contributed by atoms with Crippen molar-refractivity contribution < 1.29 is 16.8 Å². The third kappa shape index (κ3) is 3.67. The van der Waals surface area contributed by atoms with Gasteiger partial charge in [0.05, 0.1) is 22.8 Å². The van der Waals surface area contributed by atoms with Gasteiger partial charge in [-0.2, -0.15) is 9.57 Å². The van der Waals surface area contributed by atoms with E-state index < -0.39 is 25.1 Å². The molecule has 0 aromatic rings. The molecule has 0 saturated carbocycles. The predicted octanol–water partition coefficient (Wildman–Crippen LogP) is 0.129. The van der Waals surface area contributed by atoms with Crippen molar-refractivity contribution in [2.24, 2.45) is 0 Å². The molecule has 0 bridgehead atoms. The van der Waals surface area contributed by atoms with Gasteiger partial charge in [-0.15, -0.1) is 0 Å². The monoisotopic (exact) mass is 294 g/mol. The second-order valence-corrected chi connectivity index (χ2v) is 8.90. The number of nitriles is 1. The van der Waals surface area contributed by atoms with E-state index in [9.17, 15) is 16.8 Å². The van der Waals surface area contributed by atoms with Crippen molar-refractivity contribution in [3.8, 4) is 6.07 Å². The highest BCUT2D eigenvalue weighted by molar-refractivity contribution is 7.92. The maximum atomic E-state index is 12.3. The van der Waals surface area contributed by atoms with Crippen molar-refractivity contribution >= 4 is 19.9 Å². The van der Waals surface area contributed by atoms with E-state index in [4.69, 9.17) is 5.26 Å². The maximum Gasteiger partial charge on any atom is 0.217 e. The van der Waals surface area contributed by atoms with Gasteiger partial charge in [-0.05, 0) is 19.3 Å². The molecule has 0 atom stereocenters. The maximum absolute atomic E-state index is 12.3. The fourth-order valence-electron chi connectivity index (χ4n) is 2.00. The van der Waals surface area contributed by atoms with Crippen LogP contribution in [0.15, 0.2) is 0 Å². The molecule has 0 amide bonds. The molecule has 1 aliphatic heterocycles. The van der Waals surface area contributed by atoms with Gasteiger partial charge in [0.2, 0.25) is 10.0 Å². The Morgan fingerprint density at radius 3 is 2.33 bits per heavy atom. The second-order valence-electron chi connectivity index (χ2n) is 4.39. The summed E-state index contributed by atoms with van der Waals surface area (Å²) in [5.41, 5.74) is 0.